The van der Waals surface area contributed by atoms with E-state index in [2.05, 4.69) is 26.9 Å². The third kappa shape index (κ3) is 3.92. The molecule has 1 amide bonds. The number of amidine groups is 1. The maximum Gasteiger partial charge on any atom is 0.284 e. The van der Waals surface area contributed by atoms with Gasteiger partial charge in [0.05, 0.1) is 4.90 Å². The minimum Gasteiger partial charge on any atom is -0.285 e. The molecule has 3 rings (SSSR count). The quantitative estimate of drug-likeness (QED) is 0.645. The Morgan fingerprint density at radius 2 is 1.81 bits per heavy atom. The normalized spacial score (nSPS) is 19.1. The summed E-state index contributed by atoms with van der Waals surface area (Å²) in [6.07, 6.45) is 1.55. The summed E-state index contributed by atoms with van der Waals surface area (Å²) in [7, 11) is -3.92. The molecule has 0 radical (unpaired) electrons. The first-order chi connectivity index (χ1) is 12.4. The Morgan fingerprint density at radius 1 is 1.15 bits per heavy atom. The van der Waals surface area contributed by atoms with Gasteiger partial charge < -0.3 is 0 Å². The molecule has 0 spiro atoms. The number of hydrogen-bond donors (Lipinski definition) is 0. The van der Waals surface area contributed by atoms with Crippen LogP contribution in [0.4, 0.5) is 0 Å². The molecule has 1 atom stereocenters. The first-order valence-corrected chi connectivity index (χ1v) is 10.8. The van der Waals surface area contributed by atoms with Crippen LogP contribution in [0.3, 0.4) is 0 Å². The monoisotopic (exact) mass is 450 g/mol. The fourth-order valence-corrected chi connectivity index (χ4v) is 5.07. The van der Waals surface area contributed by atoms with Crippen molar-refractivity contribution in [1.29, 1.82) is 0 Å². The second-order valence-corrected chi connectivity index (χ2v) is 9.04. The molecule has 134 valence electrons. The highest BCUT2D eigenvalue weighted by Crippen LogP contribution is 2.40. The van der Waals surface area contributed by atoms with Crippen LogP contribution >= 0.6 is 27.7 Å². The summed E-state index contributed by atoms with van der Waals surface area (Å²) < 4.78 is 29.9. The zero-order chi connectivity index (χ0) is 18.7. The molecule has 1 saturated heterocycles. The average molecular weight is 451 g/mol. The van der Waals surface area contributed by atoms with Gasteiger partial charge in [0.25, 0.3) is 10.0 Å². The van der Waals surface area contributed by atoms with E-state index in [9.17, 15) is 13.2 Å². The van der Waals surface area contributed by atoms with Gasteiger partial charge in [0, 0.05) is 11.0 Å². The molecular formula is C18H15BrN2O3S2. The molecule has 2 aromatic rings. The van der Waals surface area contributed by atoms with E-state index in [4.69, 9.17) is 0 Å². The van der Waals surface area contributed by atoms with Crippen LogP contribution in [0.1, 0.15) is 10.8 Å². The summed E-state index contributed by atoms with van der Waals surface area (Å²) in [5, 5.41) is -0.360. The van der Waals surface area contributed by atoms with Gasteiger partial charge in [-0.15, -0.1) is 11.0 Å². The van der Waals surface area contributed by atoms with Crippen molar-refractivity contribution in [1.82, 2.24) is 4.90 Å². The molecule has 1 heterocycles. The van der Waals surface area contributed by atoms with E-state index >= 15 is 0 Å². The fraction of sp³-hybridized carbons (Fsp3) is 0.111. The number of carbonyl (C=O) groups excluding carboxylic acids is 1. The third-order valence-corrected chi connectivity index (χ3v) is 6.83. The van der Waals surface area contributed by atoms with Gasteiger partial charge in [0.2, 0.25) is 5.91 Å². The molecule has 8 heteroatoms. The van der Waals surface area contributed by atoms with Crippen molar-refractivity contribution in [3.8, 4) is 0 Å². The lowest BCUT2D eigenvalue weighted by atomic mass is 10.1. The van der Waals surface area contributed by atoms with Crippen LogP contribution in [0.15, 0.2) is 81.0 Å². The van der Waals surface area contributed by atoms with E-state index in [1.165, 1.54) is 17.0 Å². The zero-order valence-electron chi connectivity index (χ0n) is 13.6. The highest BCUT2D eigenvalue weighted by atomic mass is 79.9. The summed E-state index contributed by atoms with van der Waals surface area (Å²) in [6, 6.07) is 15.4. The number of halogens is 1. The van der Waals surface area contributed by atoms with Gasteiger partial charge in [-0.3, -0.25) is 9.69 Å². The largest absolute Gasteiger partial charge is 0.285 e. The van der Waals surface area contributed by atoms with Gasteiger partial charge in [-0.1, -0.05) is 64.1 Å². The predicted octanol–water partition coefficient (Wildman–Crippen LogP) is 4.00. The molecule has 0 saturated carbocycles. The lowest BCUT2D eigenvalue weighted by molar-refractivity contribution is -0.125. The summed E-state index contributed by atoms with van der Waals surface area (Å²) in [6.45, 7) is 3.84. The van der Waals surface area contributed by atoms with Gasteiger partial charge in [-0.05, 0) is 29.8 Å². The Bertz CT molecular complexity index is 958. The maximum atomic E-state index is 12.7. The van der Waals surface area contributed by atoms with Crippen molar-refractivity contribution in [3.05, 3.63) is 77.3 Å². The Kier molecular flexibility index (Phi) is 5.64. The fourth-order valence-electron chi connectivity index (χ4n) is 2.42. The molecule has 0 aromatic heterocycles. The molecule has 2 aromatic carbocycles. The summed E-state index contributed by atoms with van der Waals surface area (Å²) in [5.41, 5.74) is 0.808. The SMILES string of the molecule is C=CCN1C(=O)[C@H](c2ccccc2)SC1=NS(=O)(=O)c1ccc(Br)cc1. The summed E-state index contributed by atoms with van der Waals surface area (Å²) in [5.74, 6) is -0.203. The molecule has 1 aliphatic heterocycles. The Balaban J connectivity index is 1.98. The van der Waals surface area contributed by atoms with Gasteiger partial charge in [-0.25, -0.2) is 0 Å². The van der Waals surface area contributed by atoms with Crippen LogP contribution in [-0.2, 0) is 14.8 Å². The molecular weight excluding hydrogens is 436 g/mol. The van der Waals surface area contributed by atoms with Crippen molar-refractivity contribution in [2.75, 3.05) is 6.54 Å². The second kappa shape index (κ2) is 7.77. The molecule has 0 N–H and O–H groups in total. The average Bonchev–Trinajstić information content (AvgIpc) is 2.92. The Labute approximate surface area is 165 Å². The topological polar surface area (TPSA) is 66.8 Å². The van der Waals surface area contributed by atoms with Crippen LogP contribution in [0, 0.1) is 0 Å². The summed E-state index contributed by atoms with van der Waals surface area (Å²) >= 11 is 4.41. The number of sulfonamides is 1. The molecule has 0 bridgehead atoms. The second-order valence-electron chi connectivity index (χ2n) is 5.45. The predicted molar refractivity (Wildman–Crippen MR) is 107 cm³/mol. The minimum absolute atomic E-state index is 0.0722. The first-order valence-electron chi connectivity index (χ1n) is 7.67. The van der Waals surface area contributed by atoms with Crippen molar-refractivity contribution >= 4 is 48.8 Å². The molecule has 0 unspecified atom stereocenters. The maximum absolute atomic E-state index is 12.7. The van der Waals surface area contributed by atoms with Crippen molar-refractivity contribution in [2.24, 2.45) is 4.40 Å². The van der Waals surface area contributed by atoms with Crippen LogP contribution in [0.2, 0.25) is 0 Å². The zero-order valence-corrected chi connectivity index (χ0v) is 16.8. The van der Waals surface area contributed by atoms with Crippen molar-refractivity contribution in [2.45, 2.75) is 10.1 Å². The first kappa shape index (κ1) is 18.9. The van der Waals surface area contributed by atoms with Crippen LogP contribution in [0.25, 0.3) is 0 Å². The van der Waals surface area contributed by atoms with E-state index in [0.717, 1.165) is 21.8 Å². The van der Waals surface area contributed by atoms with Crippen molar-refractivity contribution < 1.29 is 13.2 Å². The van der Waals surface area contributed by atoms with E-state index in [1.807, 2.05) is 30.3 Å². The smallest absolute Gasteiger partial charge is 0.284 e. The highest BCUT2D eigenvalue weighted by Gasteiger charge is 2.39. The highest BCUT2D eigenvalue weighted by molar-refractivity contribution is 9.10. The molecule has 1 fully saturated rings. The van der Waals surface area contributed by atoms with Crippen LogP contribution < -0.4 is 0 Å². The van der Waals surface area contributed by atoms with E-state index in [1.54, 1.807) is 18.2 Å². The lowest BCUT2D eigenvalue weighted by Crippen LogP contribution is -2.30. The van der Waals surface area contributed by atoms with Gasteiger partial charge >= 0.3 is 0 Å². The number of nitrogens with zero attached hydrogens (tertiary/aromatic N) is 2. The molecule has 0 aliphatic carbocycles. The number of amides is 1. The van der Waals surface area contributed by atoms with Crippen LogP contribution in [-0.4, -0.2) is 30.9 Å². The van der Waals surface area contributed by atoms with Crippen molar-refractivity contribution in [3.63, 3.8) is 0 Å². The van der Waals surface area contributed by atoms with E-state index in [-0.39, 0.29) is 22.5 Å². The summed E-state index contributed by atoms with van der Waals surface area (Å²) in [4.78, 5) is 14.2. The number of thioether (sulfide) groups is 1. The number of rotatable bonds is 5. The molecule has 5 nitrogen and oxygen atoms in total. The van der Waals surface area contributed by atoms with Gasteiger partial charge in [0.1, 0.15) is 5.25 Å². The Morgan fingerprint density at radius 3 is 2.42 bits per heavy atom. The van der Waals surface area contributed by atoms with E-state index < -0.39 is 15.3 Å². The standard InChI is InChI=1S/C18H15BrN2O3S2/c1-2-12-21-17(22)16(13-6-4-3-5-7-13)25-18(21)20-26(23,24)15-10-8-14(19)9-11-15/h2-11,16H,1,12H2/t16-/m0/s1. The lowest BCUT2D eigenvalue weighted by Gasteiger charge is -2.13. The van der Waals surface area contributed by atoms with Gasteiger partial charge in [0.15, 0.2) is 5.17 Å². The number of hydrogen-bond acceptors (Lipinski definition) is 4. The van der Waals surface area contributed by atoms with E-state index in [0.29, 0.717) is 0 Å². The van der Waals surface area contributed by atoms with Crippen LogP contribution in [0.5, 0.6) is 0 Å². The molecule has 1 aliphatic rings. The molecule has 26 heavy (non-hydrogen) atoms. The number of benzene rings is 2. The Hall–Kier alpha value is -1.90. The van der Waals surface area contributed by atoms with Gasteiger partial charge in [-0.2, -0.15) is 8.42 Å². The minimum atomic E-state index is -3.92. The third-order valence-electron chi connectivity index (χ3n) is 3.67. The number of carbonyl (C=O) groups is 1.